The predicted octanol–water partition coefficient (Wildman–Crippen LogP) is 14.8. The SMILES string of the molecule is CCCC(CC)c1cc(/C=C/C(=O)c2c(C(CC)CCC)cc(O)c(C(CC)CCC)c2C(CC)CCC)c(C(CC)CCC)c(OC)c1. The third-order valence-electron chi connectivity index (χ3n) is 11.3. The van der Waals surface area contributed by atoms with Crippen molar-refractivity contribution in [2.24, 2.45) is 0 Å². The van der Waals surface area contributed by atoms with Crippen LogP contribution in [0, 0.1) is 0 Å². The lowest BCUT2D eigenvalue weighted by Crippen LogP contribution is -2.17. The topological polar surface area (TPSA) is 46.5 Å². The lowest BCUT2D eigenvalue weighted by molar-refractivity contribution is 0.104. The number of ether oxygens (including phenoxy) is 1. The monoisotopic (exact) mass is 675 g/mol. The summed E-state index contributed by atoms with van der Waals surface area (Å²) in [5.74, 6) is 2.97. The van der Waals surface area contributed by atoms with Crippen LogP contribution in [0.5, 0.6) is 11.5 Å². The van der Waals surface area contributed by atoms with E-state index >= 15 is 4.79 Å². The average molecular weight is 675 g/mol. The number of rotatable bonds is 24. The number of carbonyl (C=O) groups is 1. The Morgan fingerprint density at radius 2 is 1.06 bits per heavy atom. The highest BCUT2D eigenvalue weighted by Gasteiger charge is 2.31. The highest BCUT2D eigenvalue weighted by atomic mass is 16.5. The van der Waals surface area contributed by atoms with Crippen LogP contribution in [-0.2, 0) is 0 Å². The van der Waals surface area contributed by atoms with Crippen LogP contribution in [0.4, 0.5) is 0 Å². The third-order valence-corrected chi connectivity index (χ3v) is 11.3. The van der Waals surface area contributed by atoms with Crippen LogP contribution in [0.15, 0.2) is 24.3 Å². The lowest BCUT2D eigenvalue weighted by atomic mass is 9.74. The Balaban J connectivity index is 3.06. The molecule has 0 aliphatic carbocycles. The van der Waals surface area contributed by atoms with Gasteiger partial charge in [-0.05, 0) is 134 Å². The molecule has 2 aromatic carbocycles. The number of ketones is 1. The summed E-state index contributed by atoms with van der Waals surface area (Å²) in [5.41, 5.74) is 7.78. The molecule has 0 amide bonds. The van der Waals surface area contributed by atoms with Gasteiger partial charge in [-0.2, -0.15) is 0 Å². The number of hydrogen-bond donors (Lipinski definition) is 1. The molecular formula is C46H74O3. The molecule has 2 aromatic rings. The Kier molecular flexibility index (Phi) is 19.4. The van der Waals surface area contributed by atoms with E-state index < -0.39 is 0 Å². The quantitative estimate of drug-likeness (QED) is 0.0890. The second kappa shape index (κ2) is 22.3. The first-order valence-corrected chi connectivity index (χ1v) is 20.5. The van der Waals surface area contributed by atoms with Crippen LogP contribution in [0.3, 0.4) is 0 Å². The van der Waals surface area contributed by atoms with Gasteiger partial charge in [-0.3, -0.25) is 4.79 Å². The number of benzene rings is 2. The summed E-state index contributed by atoms with van der Waals surface area (Å²) in [6.45, 7) is 22.5. The molecular weight excluding hydrogens is 601 g/mol. The number of hydrogen-bond acceptors (Lipinski definition) is 3. The molecule has 0 saturated carbocycles. The van der Waals surface area contributed by atoms with Crippen molar-refractivity contribution in [1.29, 1.82) is 0 Å². The number of phenolic OH excluding ortho intramolecular Hbond substituents is 1. The summed E-state index contributed by atoms with van der Waals surface area (Å²) in [5, 5.41) is 11.9. The Morgan fingerprint density at radius 1 is 0.612 bits per heavy atom. The minimum Gasteiger partial charge on any atom is -0.508 e. The van der Waals surface area contributed by atoms with Crippen molar-refractivity contribution in [2.75, 3.05) is 7.11 Å². The van der Waals surface area contributed by atoms with Crippen LogP contribution < -0.4 is 4.74 Å². The largest absolute Gasteiger partial charge is 0.508 e. The maximum atomic E-state index is 15.0. The fourth-order valence-corrected chi connectivity index (χ4v) is 8.66. The van der Waals surface area contributed by atoms with Gasteiger partial charge in [0.05, 0.1) is 7.11 Å². The van der Waals surface area contributed by atoms with Crippen LogP contribution >= 0.6 is 0 Å². The van der Waals surface area contributed by atoms with Gasteiger partial charge in [0.25, 0.3) is 0 Å². The predicted molar refractivity (Wildman–Crippen MR) is 214 cm³/mol. The minimum atomic E-state index is 0.0844. The van der Waals surface area contributed by atoms with Crippen LogP contribution in [0.1, 0.15) is 239 Å². The summed E-state index contributed by atoms with van der Waals surface area (Å²) in [6, 6.07) is 6.64. The van der Waals surface area contributed by atoms with Gasteiger partial charge in [-0.15, -0.1) is 0 Å². The summed E-state index contributed by atoms with van der Waals surface area (Å²) < 4.78 is 6.15. The molecule has 5 atom stereocenters. The first-order chi connectivity index (χ1) is 23.7. The Hall–Kier alpha value is -2.55. The maximum absolute atomic E-state index is 15.0. The number of aromatic hydroxyl groups is 1. The second-order valence-electron chi connectivity index (χ2n) is 14.6. The van der Waals surface area contributed by atoms with Gasteiger partial charge in [-0.1, -0.05) is 113 Å². The fourth-order valence-electron chi connectivity index (χ4n) is 8.66. The zero-order valence-corrected chi connectivity index (χ0v) is 33.6. The zero-order chi connectivity index (χ0) is 36.5. The van der Waals surface area contributed by atoms with Gasteiger partial charge in [0, 0.05) is 16.7 Å². The molecule has 0 saturated heterocycles. The second-order valence-corrected chi connectivity index (χ2v) is 14.6. The molecule has 0 spiro atoms. The highest BCUT2D eigenvalue weighted by Crippen LogP contribution is 2.47. The molecule has 276 valence electrons. The summed E-state index contributed by atoms with van der Waals surface area (Å²) >= 11 is 0. The average Bonchev–Trinajstić information content (AvgIpc) is 3.11. The standard InChI is InChI=1S/C46H74O3/c1-12-22-32(17-6)38-29-37(43(42(30-38)49-11)34(19-8)24-14-3)27-28-40(47)46-39(33(18-7)23-13-2)31-41(48)44(35(20-9)25-15-4)45(46)36(21-10)26-16-5/h27-36,48H,12-26H2,1-11H3/b28-27+. The first-order valence-electron chi connectivity index (χ1n) is 20.5. The van der Waals surface area contributed by atoms with E-state index in [1.54, 1.807) is 7.11 Å². The van der Waals surface area contributed by atoms with Crippen molar-refractivity contribution < 1.29 is 14.6 Å². The van der Waals surface area contributed by atoms with E-state index in [1.165, 1.54) is 11.1 Å². The number of phenols is 1. The zero-order valence-electron chi connectivity index (χ0n) is 33.6. The van der Waals surface area contributed by atoms with E-state index in [0.29, 0.717) is 17.6 Å². The van der Waals surface area contributed by atoms with Gasteiger partial charge in [0.1, 0.15) is 11.5 Å². The van der Waals surface area contributed by atoms with Gasteiger partial charge in [0.15, 0.2) is 5.78 Å². The normalized spacial score (nSPS) is 14.9. The van der Waals surface area contributed by atoms with Crippen LogP contribution in [0.2, 0.25) is 0 Å². The van der Waals surface area contributed by atoms with Gasteiger partial charge >= 0.3 is 0 Å². The highest BCUT2D eigenvalue weighted by molar-refractivity contribution is 6.09. The van der Waals surface area contributed by atoms with Crippen molar-refractivity contribution >= 4 is 11.9 Å². The molecule has 0 aliphatic heterocycles. The molecule has 3 heteroatoms. The molecule has 5 unspecified atom stereocenters. The Morgan fingerprint density at radius 3 is 1.53 bits per heavy atom. The summed E-state index contributed by atoms with van der Waals surface area (Å²) in [4.78, 5) is 15.0. The van der Waals surface area contributed by atoms with Crippen molar-refractivity contribution in [3.05, 3.63) is 63.2 Å². The molecule has 0 bridgehead atoms. The van der Waals surface area contributed by atoms with E-state index in [-0.39, 0.29) is 23.5 Å². The summed E-state index contributed by atoms with van der Waals surface area (Å²) in [7, 11) is 1.80. The van der Waals surface area contributed by atoms with Crippen LogP contribution in [-0.4, -0.2) is 18.0 Å². The molecule has 1 N–H and O–H groups in total. The third kappa shape index (κ3) is 10.7. The lowest BCUT2D eigenvalue weighted by Gasteiger charge is -2.30. The van der Waals surface area contributed by atoms with E-state index in [4.69, 9.17) is 4.74 Å². The smallest absolute Gasteiger partial charge is 0.186 e. The molecule has 3 nitrogen and oxygen atoms in total. The molecule has 0 aromatic heterocycles. The Bertz CT molecular complexity index is 1300. The molecule has 2 rings (SSSR count). The van der Waals surface area contributed by atoms with Crippen molar-refractivity contribution in [3.63, 3.8) is 0 Å². The summed E-state index contributed by atoms with van der Waals surface area (Å²) in [6.07, 6.45) is 19.6. The van der Waals surface area contributed by atoms with E-state index in [1.807, 2.05) is 12.1 Å². The fraction of sp³-hybridized carbons (Fsp3) is 0.674. The maximum Gasteiger partial charge on any atom is 0.186 e. The minimum absolute atomic E-state index is 0.0844. The van der Waals surface area contributed by atoms with Gasteiger partial charge < -0.3 is 9.84 Å². The first kappa shape index (κ1) is 42.6. The van der Waals surface area contributed by atoms with E-state index in [0.717, 1.165) is 130 Å². The van der Waals surface area contributed by atoms with Crippen molar-refractivity contribution in [3.8, 4) is 11.5 Å². The van der Waals surface area contributed by atoms with Crippen molar-refractivity contribution in [2.45, 2.75) is 195 Å². The molecule has 0 fully saturated rings. The van der Waals surface area contributed by atoms with Crippen molar-refractivity contribution in [1.82, 2.24) is 0 Å². The van der Waals surface area contributed by atoms with Crippen LogP contribution in [0.25, 0.3) is 6.08 Å². The number of carbonyl (C=O) groups excluding carboxylic acids is 1. The molecule has 49 heavy (non-hydrogen) atoms. The van der Waals surface area contributed by atoms with Gasteiger partial charge in [-0.25, -0.2) is 0 Å². The van der Waals surface area contributed by atoms with Gasteiger partial charge in [0.2, 0.25) is 0 Å². The van der Waals surface area contributed by atoms with E-state index in [9.17, 15) is 5.11 Å². The molecule has 0 radical (unpaired) electrons. The molecule has 0 aliphatic rings. The number of methoxy groups -OCH3 is 1. The van der Waals surface area contributed by atoms with E-state index in [2.05, 4.69) is 87.4 Å². The number of allylic oxidation sites excluding steroid dienone is 1. The Labute approximate surface area is 302 Å². The molecule has 0 heterocycles.